The summed E-state index contributed by atoms with van der Waals surface area (Å²) < 4.78 is 27.4. The van der Waals surface area contributed by atoms with Crippen LogP contribution in [0.25, 0.3) is 0 Å². The highest BCUT2D eigenvalue weighted by atomic mass is 32.2. The number of piperidine rings is 1. The van der Waals surface area contributed by atoms with Crippen molar-refractivity contribution in [1.29, 1.82) is 0 Å². The van der Waals surface area contributed by atoms with Crippen LogP contribution in [0, 0.1) is 6.92 Å². The van der Waals surface area contributed by atoms with Crippen LogP contribution in [0.4, 0.5) is 0 Å². The molecule has 1 aliphatic rings. The summed E-state index contributed by atoms with van der Waals surface area (Å²) in [5.41, 5.74) is 2.10. The number of hydrogen-bond donors (Lipinski definition) is 0. The second kappa shape index (κ2) is 8.19. The van der Waals surface area contributed by atoms with Crippen molar-refractivity contribution < 1.29 is 13.2 Å². The van der Waals surface area contributed by atoms with Gasteiger partial charge in [-0.15, -0.1) is 0 Å². The number of aromatic nitrogens is 1. The molecule has 6 nitrogen and oxygen atoms in total. The number of nitrogens with zero attached hydrogens (tertiary/aromatic N) is 3. The highest BCUT2D eigenvalue weighted by Crippen LogP contribution is 2.23. The van der Waals surface area contributed by atoms with E-state index in [1.165, 1.54) is 10.4 Å². The molecule has 0 N–H and O–H groups in total. The van der Waals surface area contributed by atoms with Crippen LogP contribution < -0.4 is 0 Å². The lowest BCUT2D eigenvalue weighted by Crippen LogP contribution is -2.35. The standard InChI is InChI=1S/C20H25N3O3S/c1-16-8-9-18(27(25,26)23-11-4-3-5-12-23)13-19(16)20(24)22(2)15-17-7-6-10-21-14-17/h6-10,13-14H,3-5,11-12,15H2,1-2H3. The lowest BCUT2D eigenvalue weighted by molar-refractivity contribution is 0.0784. The molecule has 0 spiro atoms. The Morgan fingerprint density at radius 3 is 2.59 bits per heavy atom. The Morgan fingerprint density at radius 1 is 1.19 bits per heavy atom. The van der Waals surface area contributed by atoms with Gasteiger partial charge in [0.1, 0.15) is 0 Å². The van der Waals surface area contributed by atoms with Crippen LogP contribution in [0.1, 0.15) is 40.7 Å². The highest BCUT2D eigenvalue weighted by Gasteiger charge is 2.27. The van der Waals surface area contributed by atoms with Crippen LogP contribution in [0.3, 0.4) is 0 Å². The predicted octanol–water partition coefficient (Wildman–Crippen LogP) is 2.84. The molecule has 0 bridgehead atoms. The molecule has 7 heteroatoms. The molecule has 1 aromatic carbocycles. The van der Waals surface area contributed by atoms with Crippen molar-refractivity contribution in [3.05, 3.63) is 59.4 Å². The maximum Gasteiger partial charge on any atom is 0.254 e. The van der Waals surface area contributed by atoms with E-state index in [0.717, 1.165) is 30.4 Å². The summed E-state index contributed by atoms with van der Waals surface area (Å²) in [5, 5.41) is 0. The van der Waals surface area contributed by atoms with Gasteiger partial charge in [-0.25, -0.2) is 8.42 Å². The molecule has 27 heavy (non-hydrogen) atoms. The number of aryl methyl sites for hydroxylation is 1. The third kappa shape index (κ3) is 4.36. The molecule has 1 saturated heterocycles. The number of rotatable bonds is 5. The lowest BCUT2D eigenvalue weighted by Gasteiger charge is -2.26. The first-order chi connectivity index (χ1) is 12.9. The summed E-state index contributed by atoms with van der Waals surface area (Å²) in [5.74, 6) is -0.202. The van der Waals surface area contributed by atoms with Gasteiger partial charge in [-0.2, -0.15) is 4.31 Å². The van der Waals surface area contributed by atoms with Crippen molar-refractivity contribution in [3.8, 4) is 0 Å². The SMILES string of the molecule is Cc1ccc(S(=O)(=O)N2CCCCC2)cc1C(=O)N(C)Cc1cccnc1. The summed E-state index contributed by atoms with van der Waals surface area (Å²) in [6.07, 6.45) is 6.22. The fourth-order valence-electron chi connectivity index (χ4n) is 3.29. The number of carbonyl (C=O) groups is 1. The van der Waals surface area contributed by atoms with Gasteiger partial charge in [-0.05, 0) is 49.1 Å². The van der Waals surface area contributed by atoms with Crippen LogP contribution >= 0.6 is 0 Å². The zero-order valence-electron chi connectivity index (χ0n) is 15.8. The topological polar surface area (TPSA) is 70.6 Å². The van der Waals surface area contributed by atoms with Crippen molar-refractivity contribution in [2.75, 3.05) is 20.1 Å². The predicted molar refractivity (Wildman–Crippen MR) is 104 cm³/mol. The Hall–Kier alpha value is -2.25. The molecule has 1 aliphatic heterocycles. The molecule has 1 amide bonds. The Labute approximate surface area is 160 Å². The van der Waals surface area contributed by atoms with Gasteiger partial charge in [0.15, 0.2) is 0 Å². The molecule has 0 aliphatic carbocycles. The summed E-state index contributed by atoms with van der Waals surface area (Å²) >= 11 is 0. The smallest absolute Gasteiger partial charge is 0.254 e. The maximum atomic E-state index is 12.9. The second-order valence-corrected chi connectivity index (χ2v) is 8.90. The van der Waals surface area contributed by atoms with E-state index in [4.69, 9.17) is 0 Å². The van der Waals surface area contributed by atoms with E-state index >= 15 is 0 Å². The Bertz CT molecular complexity index is 907. The van der Waals surface area contributed by atoms with Crippen LogP contribution in [-0.2, 0) is 16.6 Å². The minimum atomic E-state index is -3.57. The number of hydrogen-bond acceptors (Lipinski definition) is 4. The fourth-order valence-corrected chi connectivity index (χ4v) is 4.83. The Kier molecular flexibility index (Phi) is 5.92. The molecule has 2 aromatic rings. The molecule has 0 unspecified atom stereocenters. The molecular formula is C20H25N3O3S. The van der Waals surface area contributed by atoms with E-state index in [0.29, 0.717) is 25.2 Å². The quantitative estimate of drug-likeness (QED) is 0.791. The van der Waals surface area contributed by atoms with Gasteiger partial charge in [-0.1, -0.05) is 18.6 Å². The van der Waals surface area contributed by atoms with Crippen LogP contribution in [0.2, 0.25) is 0 Å². The molecule has 144 valence electrons. The van der Waals surface area contributed by atoms with Crippen molar-refractivity contribution in [2.45, 2.75) is 37.6 Å². The lowest BCUT2D eigenvalue weighted by atomic mass is 10.1. The number of pyridine rings is 1. The van der Waals surface area contributed by atoms with Gasteiger partial charge in [0.2, 0.25) is 10.0 Å². The minimum absolute atomic E-state index is 0.188. The van der Waals surface area contributed by atoms with Crippen LogP contribution in [-0.4, -0.2) is 48.7 Å². The monoisotopic (exact) mass is 387 g/mol. The normalized spacial score (nSPS) is 15.5. The van der Waals surface area contributed by atoms with Crippen molar-refractivity contribution >= 4 is 15.9 Å². The summed E-state index contributed by atoms with van der Waals surface area (Å²) in [4.78, 5) is 18.8. The van der Waals surface area contributed by atoms with Crippen molar-refractivity contribution in [1.82, 2.24) is 14.2 Å². The van der Waals surface area contributed by atoms with E-state index in [-0.39, 0.29) is 10.8 Å². The summed E-state index contributed by atoms with van der Waals surface area (Å²) in [6, 6.07) is 8.55. The molecule has 0 atom stereocenters. The van der Waals surface area contributed by atoms with Gasteiger partial charge >= 0.3 is 0 Å². The van der Waals surface area contributed by atoms with E-state index in [2.05, 4.69) is 4.98 Å². The first kappa shape index (κ1) is 19.5. The number of benzene rings is 1. The molecule has 3 rings (SSSR count). The number of sulfonamides is 1. The van der Waals surface area contributed by atoms with Gasteiger partial charge in [-0.3, -0.25) is 9.78 Å². The number of amides is 1. The van der Waals surface area contributed by atoms with Gasteiger partial charge in [0, 0.05) is 44.6 Å². The zero-order valence-corrected chi connectivity index (χ0v) is 16.6. The third-order valence-corrected chi connectivity index (χ3v) is 6.78. The molecule has 2 heterocycles. The van der Waals surface area contributed by atoms with Crippen LogP contribution in [0.5, 0.6) is 0 Å². The Morgan fingerprint density at radius 2 is 1.93 bits per heavy atom. The van der Waals surface area contributed by atoms with E-state index in [9.17, 15) is 13.2 Å². The summed E-state index contributed by atoms with van der Waals surface area (Å²) in [6.45, 7) is 3.32. The third-order valence-electron chi connectivity index (χ3n) is 4.88. The van der Waals surface area contributed by atoms with Crippen LogP contribution in [0.15, 0.2) is 47.6 Å². The second-order valence-electron chi connectivity index (χ2n) is 6.96. The molecule has 0 radical (unpaired) electrons. The minimum Gasteiger partial charge on any atom is -0.337 e. The summed E-state index contributed by atoms with van der Waals surface area (Å²) in [7, 11) is -1.86. The molecule has 1 aromatic heterocycles. The Balaban J connectivity index is 1.85. The first-order valence-electron chi connectivity index (χ1n) is 9.15. The van der Waals surface area contributed by atoms with E-state index < -0.39 is 10.0 Å². The van der Waals surface area contributed by atoms with E-state index in [1.807, 2.05) is 19.1 Å². The van der Waals surface area contributed by atoms with Gasteiger partial charge in [0.25, 0.3) is 5.91 Å². The fraction of sp³-hybridized carbons (Fsp3) is 0.400. The largest absolute Gasteiger partial charge is 0.337 e. The average Bonchev–Trinajstić information content (AvgIpc) is 2.69. The van der Waals surface area contributed by atoms with Gasteiger partial charge in [0.05, 0.1) is 4.90 Å². The number of carbonyl (C=O) groups excluding carboxylic acids is 1. The average molecular weight is 388 g/mol. The molecule has 0 saturated carbocycles. The van der Waals surface area contributed by atoms with Gasteiger partial charge < -0.3 is 4.90 Å². The first-order valence-corrected chi connectivity index (χ1v) is 10.6. The maximum absolute atomic E-state index is 12.9. The zero-order chi connectivity index (χ0) is 19.4. The molecule has 1 fully saturated rings. The van der Waals surface area contributed by atoms with E-state index in [1.54, 1.807) is 36.5 Å². The van der Waals surface area contributed by atoms with Crippen molar-refractivity contribution in [2.24, 2.45) is 0 Å². The van der Waals surface area contributed by atoms with Crippen molar-refractivity contribution in [3.63, 3.8) is 0 Å². The molecular weight excluding hydrogens is 362 g/mol. The highest BCUT2D eigenvalue weighted by molar-refractivity contribution is 7.89.